The number of imide groups is 2. The summed E-state index contributed by atoms with van der Waals surface area (Å²) in [7, 11) is 0. The summed E-state index contributed by atoms with van der Waals surface area (Å²) in [4.78, 5) is 56.3. The van der Waals surface area contributed by atoms with E-state index in [-0.39, 0.29) is 18.4 Å². The lowest BCUT2D eigenvalue weighted by Gasteiger charge is -2.39. The van der Waals surface area contributed by atoms with E-state index >= 15 is 0 Å². The number of nitrogens with zero attached hydrogens (tertiary/aromatic N) is 2. The highest BCUT2D eigenvalue weighted by atomic mass is 19.1. The number of hydrogen-bond donors (Lipinski definition) is 2. The molecule has 0 aliphatic carbocycles. The molecule has 3 aliphatic heterocycles. The zero-order valence-corrected chi connectivity index (χ0v) is 16.8. The molecule has 0 bridgehead atoms. The van der Waals surface area contributed by atoms with E-state index in [2.05, 4.69) is 20.6 Å². The highest BCUT2D eigenvalue weighted by Gasteiger charge is 2.54. The van der Waals surface area contributed by atoms with Crippen LogP contribution in [0.4, 0.5) is 14.0 Å². The molecule has 1 fully saturated rings. The van der Waals surface area contributed by atoms with Gasteiger partial charge in [-0.2, -0.15) is 9.98 Å². The third-order valence-electron chi connectivity index (χ3n) is 5.50. The van der Waals surface area contributed by atoms with Gasteiger partial charge in [-0.25, -0.2) is 14.0 Å². The van der Waals surface area contributed by atoms with Crippen molar-refractivity contribution in [2.45, 2.75) is 12.5 Å². The molecule has 2 unspecified atom stereocenters. The van der Waals surface area contributed by atoms with Gasteiger partial charge < -0.3 is 9.47 Å². The predicted octanol–water partition coefficient (Wildman–Crippen LogP) is 2.05. The third kappa shape index (κ3) is 3.73. The van der Waals surface area contributed by atoms with Gasteiger partial charge in [0.15, 0.2) is 0 Å². The summed E-state index contributed by atoms with van der Waals surface area (Å²) in [6.07, 6.45) is 0. The minimum absolute atomic E-state index is 0.0415. The number of hydrogen-bond acceptors (Lipinski definition) is 6. The van der Waals surface area contributed by atoms with Crippen molar-refractivity contribution in [1.29, 1.82) is 0 Å². The number of aliphatic imine (C=N–C) groups is 2. The number of urea groups is 2. The van der Waals surface area contributed by atoms with Crippen LogP contribution < -0.4 is 15.4 Å². The molecule has 0 spiro atoms. The first-order valence-corrected chi connectivity index (χ1v) is 9.91. The van der Waals surface area contributed by atoms with Crippen LogP contribution >= 0.6 is 0 Å². The molecule has 166 valence electrons. The maximum absolute atomic E-state index is 13.9. The molecule has 11 heteroatoms. The van der Waals surface area contributed by atoms with Crippen LogP contribution in [0.25, 0.3) is 0 Å². The highest BCUT2D eigenvalue weighted by Crippen LogP contribution is 2.42. The summed E-state index contributed by atoms with van der Waals surface area (Å²) in [5, 5.41) is 4.22. The number of carbonyl (C=O) groups excluding carboxylic acids is 4. The van der Waals surface area contributed by atoms with E-state index in [1.807, 2.05) is 0 Å². The van der Waals surface area contributed by atoms with Crippen LogP contribution in [0, 0.1) is 17.7 Å². The van der Waals surface area contributed by atoms with Gasteiger partial charge in [0.2, 0.25) is 23.6 Å². The van der Waals surface area contributed by atoms with E-state index < -0.39 is 47.4 Å². The topological polar surface area (TPSA) is 136 Å². The van der Waals surface area contributed by atoms with Crippen molar-refractivity contribution in [3.63, 3.8) is 0 Å². The maximum atomic E-state index is 13.9. The number of halogens is 1. The van der Waals surface area contributed by atoms with Crippen molar-refractivity contribution in [2.24, 2.45) is 21.8 Å². The van der Waals surface area contributed by atoms with Gasteiger partial charge in [0.25, 0.3) is 0 Å². The Hall–Kier alpha value is -4.41. The number of nitrogens with one attached hydrogen (secondary N) is 2. The summed E-state index contributed by atoms with van der Waals surface area (Å²) in [5.74, 6) is -5.07. The first-order valence-electron chi connectivity index (χ1n) is 9.91. The number of fused-ring (bicyclic) bond motifs is 2. The van der Waals surface area contributed by atoms with Crippen molar-refractivity contribution < 1.29 is 33.0 Å². The average Bonchev–Trinajstić information content (AvgIpc) is 2.77. The molecular weight excluding hydrogens is 435 g/mol. The molecule has 0 radical (unpaired) electrons. The summed E-state index contributed by atoms with van der Waals surface area (Å²) >= 11 is 0. The number of rotatable bonds is 4. The smallest absolute Gasteiger partial charge is 0.350 e. The number of amides is 6. The molecular formula is C22H15FN4O6. The van der Waals surface area contributed by atoms with Crippen LogP contribution in [0.2, 0.25) is 0 Å². The molecule has 33 heavy (non-hydrogen) atoms. The van der Waals surface area contributed by atoms with Gasteiger partial charge in [-0.15, -0.1) is 0 Å². The molecule has 0 saturated carbocycles. The van der Waals surface area contributed by atoms with Crippen LogP contribution in [0.1, 0.15) is 17.0 Å². The fraction of sp³-hybridized carbons (Fsp3) is 0.182. The van der Waals surface area contributed by atoms with Crippen LogP contribution in [0.5, 0.6) is 5.75 Å². The fourth-order valence-electron chi connectivity index (χ4n) is 4.06. The van der Waals surface area contributed by atoms with Crippen LogP contribution in [-0.4, -0.2) is 35.7 Å². The second kappa shape index (κ2) is 7.93. The minimum atomic E-state index is -1.12. The quantitative estimate of drug-likeness (QED) is 0.732. The van der Waals surface area contributed by atoms with Crippen molar-refractivity contribution >= 4 is 35.7 Å². The largest absolute Gasteiger partial charge is 0.489 e. The Balaban J connectivity index is 1.53. The molecule has 3 heterocycles. The summed E-state index contributed by atoms with van der Waals surface area (Å²) in [6.45, 7) is -0.0415. The summed E-state index contributed by atoms with van der Waals surface area (Å²) in [6, 6.07) is 10.9. The Morgan fingerprint density at radius 1 is 0.879 bits per heavy atom. The Labute approximate surface area is 185 Å². The summed E-state index contributed by atoms with van der Waals surface area (Å²) < 4.78 is 25.1. The van der Waals surface area contributed by atoms with Crippen LogP contribution in [-0.2, 0) is 20.9 Å². The molecule has 10 nitrogen and oxygen atoms in total. The number of benzene rings is 2. The van der Waals surface area contributed by atoms with E-state index in [1.54, 1.807) is 42.5 Å². The standard InChI is InChI=1S/C22H15FN4O6/c23-13-7-2-1-4-11(13)9-32-12-6-3-5-10(8-12)14-15-17(28)24-21(30)26-19(15)33-20-16(14)18(29)25-22(31)27-20/h1-8,14-16H,9H2,(H,24,28,30)(H,25,29,31). The van der Waals surface area contributed by atoms with E-state index in [4.69, 9.17) is 9.47 Å². The zero-order valence-electron chi connectivity index (χ0n) is 16.8. The third-order valence-corrected chi connectivity index (χ3v) is 5.50. The molecule has 2 N–H and O–H groups in total. The van der Waals surface area contributed by atoms with Crippen molar-refractivity contribution in [3.8, 4) is 5.75 Å². The molecule has 3 aliphatic rings. The molecule has 2 aromatic carbocycles. The predicted molar refractivity (Wildman–Crippen MR) is 110 cm³/mol. The maximum Gasteiger partial charge on any atom is 0.350 e. The van der Waals surface area contributed by atoms with Gasteiger partial charge in [0, 0.05) is 11.5 Å². The van der Waals surface area contributed by atoms with Crippen molar-refractivity contribution in [3.05, 3.63) is 65.5 Å². The lowest BCUT2D eigenvalue weighted by molar-refractivity contribution is -0.126. The number of carbonyl (C=O) groups is 4. The van der Waals surface area contributed by atoms with Gasteiger partial charge in [0.1, 0.15) is 30.0 Å². The highest BCUT2D eigenvalue weighted by molar-refractivity contribution is 6.23. The Kier molecular flexibility index (Phi) is 4.93. The molecule has 5 rings (SSSR count). The lowest BCUT2D eigenvalue weighted by atomic mass is 9.73. The first-order chi connectivity index (χ1) is 15.9. The SMILES string of the molecule is O=C1N=C2OC3=NC(=O)NC(=O)C3C(c3cccc(OCc4ccccc4F)c3)C2C(=O)N1. The van der Waals surface area contributed by atoms with E-state index in [9.17, 15) is 23.6 Å². The van der Waals surface area contributed by atoms with Gasteiger partial charge >= 0.3 is 12.1 Å². The summed E-state index contributed by atoms with van der Waals surface area (Å²) in [5.41, 5.74) is 0.835. The van der Waals surface area contributed by atoms with E-state index in [1.165, 1.54) is 6.07 Å². The Morgan fingerprint density at radius 2 is 1.52 bits per heavy atom. The molecule has 6 amide bonds. The van der Waals surface area contributed by atoms with Crippen LogP contribution in [0.15, 0.2) is 58.5 Å². The zero-order chi connectivity index (χ0) is 23.1. The second-order valence-electron chi connectivity index (χ2n) is 7.52. The first kappa shape index (κ1) is 20.5. The van der Waals surface area contributed by atoms with E-state index in [0.717, 1.165) is 0 Å². The van der Waals surface area contributed by atoms with Gasteiger partial charge in [-0.3, -0.25) is 20.2 Å². The Morgan fingerprint density at radius 3 is 2.15 bits per heavy atom. The van der Waals surface area contributed by atoms with Crippen LogP contribution in [0.3, 0.4) is 0 Å². The molecule has 1 saturated heterocycles. The Bertz CT molecular complexity index is 1220. The fourth-order valence-corrected chi connectivity index (χ4v) is 4.06. The molecule has 2 atom stereocenters. The van der Waals surface area contributed by atoms with E-state index in [0.29, 0.717) is 16.9 Å². The number of ether oxygens (including phenoxy) is 2. The van der Waals surface area contributed by atoms with Gasteiger partial charge in [-0.1, -0.05) is 30.3 Å². The monoisotopic (exact) mass is 450 g/mol. The molecule has 2 aromatic rings. The van der Waals surface area contributed by atoms with Gasteiger partial charge in [-0.05, 0) is 23.8 Å². The van der Waals surface area contributed by atoms with Gasteiger partial charge in [0.05, 0.1) is 0 Å². The molecule has 0 aromatic heterocycles. The normalized spacial score (nSPS) is 23.8. The van der Waals surface area contributed by atoms with Crippen molar-refractivity contribution in [2.75, 3.05) is 0 Å². The van der Waals surface area contributed by atoms with Crippen molar-refractivity contribution in [1.82, 2.24) is 10.6 Å². The second-order valence-corrected chi connectivity index (χ2v) is 7.52. The minimum Gasteiger partial charge on any atom is -0.489 e. The average molecular weight is 450 g/mol. The lowest BCUT2D eigenvalue weighted by Crippen LogP contribution is -2.58.